The fraction of sp³-hybridized carbons (Fsp3) is 0.182. The van der Waals surface area contributed by atoms with Crippen molar-refractivity contribution in [1.29, 1.82) is 0 Å². The second-order valence-corrected chi connectivity index (χ2v) is 8.81. The predicted molar refractivity (Wildman–Crippen MR) is 159 cm³/mol. The van der Waals surface area contributed by atoms with Crippen LogP contribution in [0.3, 0.4) is 0 Å². The molecular weight excluding hydrogens is 536 g/mol. The van der Waals surface area contributed by atoms with Crippen molar-refractivity contribution in [2.45, 2.75) is 20.5 Å². The summed E-state index contributed by atoms with van der Waals surface area (Å²) in [7, 11) is 0. The molecule has 1 amide bonds. The van der Waals surface area contributed by atoms with Crippen LogP contribution in [0.15, 0.2) is 102 Å². The molecule has 4 rings (SSSR count). The standard InChI is InChI=1S/C33H32N2O7/c1-3-38-27-13-11-26(12-14-27)33(37)42-30-19-10-25(20-31(30)39-4-2)21-34-35-32(36)23-41-29-17-15-28(16-18-29)40-22-24-8-6-5-7-9-24/h5-21H,3-4,22-23H2,1-2H3,(H,35,36)/b34-21+. The summed E-state index contributed by atoms with van der Waals surface area (Å²) in [5.41, 5.74) is 4.51. The summed E-state index contributed by atoms with van der Waals surface area (Å²) in [6.07, 6.45) is 1.46. The van der Waals surface area contributed by atoms with E-state index in [1.54, 1.807) is 66.7 Å². The second kappa shape index (κ2) is 15.5. The molecule has 0 heterocycles. The summed E-state index contributed by atoms with van der Waals surface area (Å²) >= 11 is 0. The molecule has 216 valence electrons. The van der Waals surface area contributed by atoms with Crippen molar-refractivity contribution in [3.63, 3.8) is 0 Å². The third-order valence-corrected chi connectivity index (χ3v) is 5.72. The van der Waals surface area contributed by atoms with Crippen molar-refractivity contribution in [2.24, 2.45) is 5.10 Å². The van der Waals surface area contributed by atoms with Gasteiger partial charge in [-0.05, 0) is 91.7 Å². The van der Waals surface area contributed by atoms with Crippen LogP contribution in [0, 0.1) is 0 Å². The van der Waals surface area contributed by atoms with Gasteiger partial charge in [-0.2, -0.15) is 5.10 Å². The van der Waals surface area contributed by atoms with Crippen LogP contribution in [0.1, 0.15) is 35.3 Å². The number of amides is 1. The number of hydrogen-bond donors (Lipinski definition) is 1. The predicted octanol–water partition coefficient (Wildman–Crippen LogP) is 5.81. The van der Waals surface area contributed by atoms with Gasteiger partial charge in [0.25, 0.3) is 5.91 Å². The van der Waals surface area contributed by atoms with Crippen molar-refractivity contribution in [1.82, 2.24) is 5.43 Å². The topological polar surface area (TPSA) is 105 Å². The SMILES string of the molecule is CCOc1ccc(C(=O)Oc2ccc(/C=N/NC(=O)COc3ccc(OCc4ccccc4)cc3)cc2OCC)cc1. The number of carbonyl (C=O) groups excluding carboxylic acids is 2. The van der Waals surface area contributed by atoms with E-state index >= 15 is 0 Å². The van der Waals surface area contributed by atoms with E-state index in [-0.39, 0.29) is 12.4 Å². The average molecular weight is 569 g/mol. The van der Waals surface area contributed by atoms with Gasteiger partial charge >= 0.3 is 5.97 Å². The normalized spacial score (nSPS) is 10.6. The quantitative estimate of drug-likeness (QED) is 0.0886. The monoisotopic (exact) mass is 568 g/mol. The van der Waals surface area contributed by atoms with Crippen molar-refractivity contribution in [2.75, 3.05) is 19.8 Å². The maximum atomic E-state index is 12.6. The summed E-state index contributed by atoms with van der Waals surface area (Å²) in [5, 5.41) is 3.98. The van der Waals surface area contributed by atoms with Gasteiger partial charge in [-0.3, -0.25) is 4.79 Å². The Morgan fingerprint density at radius 2 is 1.36 bits per heavy atom. The highest BCUT2D eigenvalue weighted by Gasteiger charge is 2.13. The van der Waals surface area contributed by atoms with Crippen LogP contribution >= 0.6 is 0 Å². The van der Waals surface area contributed by atoms with Crippen LogP contribution < -0.4 is 29.1 Å². The number of benzene rings is 4. The van der Waals surface area contributed by atoms with E-state index in [2.05, 4.69) is 10.5 Å². The molecule has 1 N–H and O–H groups in total. The summed E-state index contributed by atoms with van der Waals surface area (Å²) in [4.78, 5) is 24.8. The Hall–Kier alpha value is -5.31. The molecule has 0 aliphatic carbocycles. The van der Waals surface area contributed by atoms with Gasteiger partial charge in [-0.15, -0.1) is 0 Å². The minimum atomic E-state index is -0.526. The molecule has 9 nitrogen and oxygen atoms in total. The van der Waals surface area contributed by atoms with Gasteiger partial charge in [0.1, 0.15) is 23.9 Å². The summed E-state index contributed by atoms with van der Waals surface area (Å²) in [5.74, 6) is 1.57. The lowest BCUT2D eigenvalue weighted by Crippen LogP contribution is -2.24. The first-order valence-corrected chi connectivity index (χ1v) is 13.5. The van der Waals surface area contributed by atoms with Gasteiger partial charge in [0.2, 0.25) is 0 Å². The molecule has 9 heteroatoms. The van der Waals surface area contributed by atoms with E-state index in [4.69, 9.17) is 23.7 Å². The molecule has 0 saturated carbocycles. The van der Waals surface area contributed by atoms with Gasteiger partial charge in [0.05, 0.1) is 25.0 Å². The van der Waals surface area contributed by atoms with Crippen LogP contribution in [0.25, 0.3) is 0 Å². The number of hydrogen-bond acceptors (Lipinski definition) is 8. The molecule has 4 aromatic carbocycles. The zero-order valence-corrected chi connectivity index (χ0v) is 23.4. The number of nitrogens with one attached hydrogen (secondary N) is 1. The van der Waals surface area contributed by atoms with Crippen molar-refractivity contribution < 1.29 is 33.3 Å². The fourth-order valence-electron chi connectivity index (χ4n) is 3.70. The number of rotatable bonds is 14. The molecular formula is C33H32N2O7. The lowest BCUT2D eigenvalue weighted by molar-refractivity contribution is -0.123. The van der Waals surface area contributed by atoms with Gasteiger partial charge in [-0.25, -0.2) is 10.2 Å². The molecule has 0 aliphatic rings. The van der Waals surface area contributed by atoms with Crippen LogP contribution in [0.4, 0.5) is 0 Å². The summed E-state index contributed by atoms with van der Waals surface area (Å²) in [6.45, 7) is 4.86. The smallest absolute Gasteiger partial charge is 0.343 e. The number of ether oxygens (including phenoxy) is 5. The summed E-state index contributed by atoms with van der Waals surface area (Å²) < 4.78 is 27.9. The first-order chi connectivity index (χ1) is 20.5. The first kappa shape index (κ1) is 29.7. The molecule has 0 spiro atoms. The highest BCUT2D eigenvalue weighted by molar-refractivity contribution is 5.92. The van der Waals surface area contributed by atoms with Crippen LogP contribution in [0.2, 0.25) is 0 Å². The van der Waals surface area contributed by atoms with E-state index in [0.29, 0.717) is 53.9 Å². The lowest BCUT2D eigenvalue weighted by Gasteiger charge is -2.11. The molecule has 0 aliphatic heterocycles. The van der Waals surface area contributed by atoms with E-state index < -0.39 is 11.9 Å². The van der Waals surface area contributed by atoms with Crippen LogP contribution in [0.5, 0.6) is 28.7 Å². The molecule has 0 aromatic heterocycles. The Kier molecular flexibility index (Phi) is 10.9. The first-order valence-electron chi connectivity index (χ1n) is 13.5. The Morgan fingerprint density at radius 1 is 0.714 bits per heavy atom. The summed E-state index contributed by atoms with van der Waals surface area (Å²) in [6, 6.07) is 28.6. The molecule has 42 heavy (non-hydrogen) atoms. The maximum absolute atomic E-state index is 12.6. The molecule has 0 saturated heterocycles. The van der Waals surface area contributed by atoms with Crippen molar-refractivity contribution in [3.8, 4) is 28.7 Å². The number of nitrogens with zero attached hydrogens (tertiary/aromatic N) is 1. The Balaban J connectivity index is 1.25. The Bertz CT molecular complexity index is 1470. The molecule has 0 bridgehead atoms. The number of carbonyl (C=O) groups is 2. The maximum Gasteiger partial charge on any atom is 0.343 e. The largest absolute Gasteiger partial charge is 0.494 e. The van der Waals surface area contributed by atoms with Gasteiger partial charge < -0.3 is 23.7 Å². The van der Waals surface area contributed by atoms with E-state index in [0.717, 1.165) is 5.56 Å². The molecule has 0 atom stereocenters. The zero-order valence-electron chi connectivity index (χ0n) is 23.4. The number of hydrazone groups is 1. The fourth-order valence-corrected chi connectivity index (χ4v) is 3.70. The second-order valence-electron chi connectivity index (χ2n) is 8.81. The minimum absolute atomic E-state index is 0.216. The van der Waals surface area contributed by atoms with Gasteiger partial charge in [-0.1, -0.05) is 30.3 Å². The Labute approximate surface area is 244 Å². The third-order valence-electron chi connectivity index (χ3n) is 5.72. The van der Waals surface area contributed by atoms with Crippen molar-refractivity contribution >= 4 is 18.1 Å². The van der Waals surface area contributed by atoms with Crippen LogP contribution in [-0.4, -0.2) is 37.9 Å². The molecule has 4 aromatic rings. The average Bonchev–Trinajstić information content (AvgIpc) is 3.02. The van der Waals surface area contributed by atoms with Crippen LogP contribution in [-0.2, 0) is 11.4 Å². The zero-order chi connectivity index (χ0) is 29.6. The highest BCUT2D eigenvalue weighted by Crippen LogP contribution is 2.29. The third kappa shape index (κ3) is 9.12. The molecule has 0 fully saturated rings. The number of esters is 1. The van der Waals surface area contributed by atoms with Gasteiger partial charge in [0, 0.05) is 0 Å². The van der Waals surface area contributed by atoms with E-state index in [9.17, 15) is 9.59 Å². The molecule has 0 radical (unpaired) electrons. The Morgan fingerprint density at radius 3 is 2.05 bits per heavy atom. The van der Waals surface area contributed by atoms with Gasteiger partial charge in [0.15, 0.2) is 18.1 Å². The van der Waals surface area contributed by atoms with Crippen molar-refractivity contribution in [3.05, 3.63) is 114 Å². The highest BCUT2D eigenvalue weighted by atomic mass is 16.6. The lowest BCUT2D eigenvalue weighted by atomic mass is 10.2. The van der Waals surface area contributed by atoms with E-state index in [1.165, 1.54) is 6.21 Å². The minimum Gasteiger partial charge on any atom is -0.494 e. The van der Waals surface area contributed by atoms with E-state index in [1.807, 2.05) is 44.2 Å². The molecule has 0 unspecified atom stereocenters.